The monoisotopic (exact) mass is 716 g/mol. The molecule has 0 aliphatic carbocycles. The van der Waals surface area contributed by atoms with Crippen molar-refractivity contribution in [1.82, 2.24) is 20.4 Å². The maximum absolute atomic E-state index is 15.6. The summed E-state index contributed by atoms with van der Waals surface area (Å²) in [4.78, 5) is 48.9. The van der Waals surface area contributed by atoms with Crippen LogP contribution in [0.1, 0.15) is 61.5 Å². The molecule has 0 unspecified atom stereocenters. The quantitative estimate of drug-likeness (QED) is 0.229. The molecule has 5 rings (SSSR count). The molecule has 0 bridgehead atoms. The highest BCUT2D eigenvalue weighted by Crippen LogP contribution is 2.28. The molecule has 1 fully saturated rings. The number of methoxy groups -OCH3 is 1. The number of carbonyl (C=O) groups excluding carboxylic acids is 2. The first kappa shape index (κ1) is 37.9. The molecule has 2 heterocycles. The topological polar surface area (TPSA) is 136 Å². The number of carboxylic acid groups (broad SMARTS) is 1. The summed E-state index contributed by atoms with van der Waals surface area (Å²) in [5.41, 5.74) is 1.38. The number of ether oxygens (including phenoxy) is 2. The lowest BCUT2D eigenvalue weighted by Gasteiger charge is -2.41. The van der Waals surface area contributed by atoms with Gasteiger partial charge in [0.2, 0.25) is 0 Å². The number of guanidine groups is 1. The van der Waals surface area contributed by atoms with Crippen LogP contribution in [-0.4, -0.2) is 96.3 Å². The van der Waals surface area contributed by atoms with Crippen LogP contribution in [0.25, 0.3) is 0 Å². The number of piperidine rings is 1. The second-order valence-corrected chi connectivity index (χ2v) is 14.0. The molecule has 12 nitrogen and oxygen atoms in total. The molecule has 1 atom stereocenters. The Balaban J connectivity index is 1.20. The molecule has 3 aromatic carbocycles. The van der Waals surface area contributed by atoms with Gasteiger partial charge in [0.15, 0.2) is 12.0 Å². The molecule has 278 valence electrons. The van der Waals surface area contributed by atoms with Gasteiger partial charge in [0.05, 0.1) is 12.8 Å². The van der Waals surface area contributed by atoms with Crippen molar-refractivity contribution in [1.29, 1.82) is 0 Å². The Morgan fingerprint density at radius 1 is 1.04 bits per heavy atom. The van der Waals surface area contributed by atoms with E-state index in [1.165, 1.54) is 12.1 Å². The molecule has 3 aromatic rings. The zero-order valence-electron chi connectivity index (χ0n) is 30.3. The highest BCUT2D eigenvalue weighted by atomic mass is 19.1. The number of anilines is 1. The lowest BCUT2D eigenvalue weighted by Crippen LogP contribution is -2.58. The normalized spacial score (nSPS) is 15.5. The van der Waals surface area contributed by atoms with Crippen LogP contribution in [0.15, 0.2) is 77.8 Å². The average Bonchev–Trinajstić information content (AvgIpc) is 3.15. The van der Waals surface area contributed by atoms with E-state index in [4.69, 9.17) is 14.5 Å². The molecule has 0 radical (unpaired) electrons. The number of amides is 2. The summed E-state index contributed by atoms with van der Waals surface area (Å²) in [6, 6.07) is 20.1. The van der Waals surface area contributed by atoms with Crippen molar-refractivity contribution in [3.63, 3.8) is 0 Å². The van der Waals surface area contributed by atoms with Crippen LogP contribution >= 0.6 is 0 Å². The highest BCUT2D eigenvalue weighted by molar-refractivity contribution is 5.95. The second-order valence-electron chi connectivity index (χ2n) is 14.0. The Bertz CT molecular complexity index is 1710. The molecule has 0 aromatic heterocycles. The number of nitrogens with one attached hydrogen (secondary N) is 2. The maximum Gasteiger partial charge on any atom is 0.411 e. The van der Waals surface area contributed by atoms with Crippen molar-refractivity contribution >= 4 is 29.6 Å². The number of aliphatic imine (C=N–C) groups is 1. The van der Waals surface area contributed by atoms with Crippen LogP contribution in [0.4, 0.5) is 14.9 Å². The van der Waals surface area contributed by atoms with Gasteiger partial charge in [-0.25, -0.2) is 14.0 Å². The van der Waals surface area contributed by atoms with Gasteiger partial charge >= 0.3 is 12.1 Å². The number of halogens is 1. The molecule has 13 heteroatoms. The minimum atomic E-state index is -1.43. The van der Waals surface area contributed by atoms with Gasteiger partial charge in [-0.2, -0.15) is 0 Å². The van der Waals surface area contributed by atoms with Gasteiger partial charge < -0.3 is 35.0 Å². The SMILES string of the molecule is COc1ccc(CN(C2=NCCCN2)C2CCN(c3ccc(C(=O)NC[C@@H](C(=O)O)N(C(=O)OCc4ccccc4)C(C)(C)C)cc3F)CC2)cc1. The number of benzene rings is 3. The van der Waals surface area contributed by atoms with E-state index in [2.05, 4.69) is 27.7 Å². The zero-order chi connectivity index (χ0) is 37.3. The van der Waals surface area contributed by atoms with Gasteiger partial charge in [-0.1, -0.05) is 42.5 Å². The number of carbonyl (C=O) groups is 3. The molecule has 2 aliphatic rings. The lowest BCUT2D eigenvalue weighted by atomic mass is 10.0. The van der Waals surface area contributed by atoms with Crippen molar-refractivity contribution in [2.24, 2.45) is 4.99 Å². The number of hydrogen-bond acceptors (Lipinski definition) is 9. The summed E-state index contributed by atoms with van der Waals surface area (Å²) in [5.74, 6) is -0.824. The van der Waals surface area contributed by atoms with E-state index in [9.17, 15) is 19.5 Å². The van der Waals surface area contributed by atoms with Crippen LogP contribution in [0.2, 0.25) is 0 Å². The van der Waals surface area contributed by atoms with E-state index in [-0.39, 0.29) is 18.2 Å². The van der Waals surface area contributed by atoms with Crippen LogP contribution in [-0.2, 0) is 22.7 Å². The third-order valence-corrected chi connectivity index (χ3v) is 9.30. The predicted octanol–water partition coefficient (Wildman–Crippen LogP) is 5.27. The van der Waals surface area contributed by atoms with Gasteiger partial charge in [-0.3, -0.25) is 14.7 Å². The molecule has 0 spiro atoms. The fourth-order valence-corrected chi connectivity index (χ4v) is 6.58. The van der Waals surface area contributed by atoms with E-state index in [1.807, 2.05) is 35.2 Å². The lowest BCUT2D eigenvalue weighted by molar-refractivity contribution is -0.144. The van der Waals surface area contributed by atoms with E-state index >= 15 is 4.39 Å². The minimum Gasteiger partial charge on any atom is -0.497 e. The second kappa shape index (κ2) is 17.3. The van der Waals surface area contributed by atoms with Gasteiger partial charge in [0, 0.05) is 56.4 Å². The third kappa shape index (κ3) is 9.71. The summed E-state index contributed by atoms with van der Waals surface area (Å²) < 4.78 is 26.4. The van der Waals surface area contributed by atoms with Crippen molar-refractivity contribution in [3.8, 4) is 5.75 Å². The third-order valence-electron chi connectivity index (χ3n) is 9.30. The predicted molar refractivity (Wildman–Crippen MR) is 197 cm³/mol. The summed E-state index contributed by atoms with van der Waals surface area (Å²) in [7, 11) is 1.65. The van der Waals surface area contributed by atoms with Crippen molar-refractivity contribution < 1.29 is 33.4 Å². The standard InChI is InChI=1S/C39H49FN6O6/c1-39(2,3)46(38(50)52-26-28-9-6-5-7-10-28)34(36(48)49)24-43-35(47)29-13-16-33(32(40)23-29)44-21-17-30(18-22-44)45(37-41-19-8-20-42-37)25-27-11-14-31(51-4)15-12-27/h5-7,9-16,23,30,34H,8,17-22,24-26H2,1-4H3,(H,41,42)(H,43,47)(H,48,49)/t34-/m0/s1. The first-order valence-electron chi connectivity index (χ1n) is 17.7. The number of nitrogens with zero attached hydrogens (tertiary/aromatic N) is 4. The largest absolute Gasteiger partial charge is 0.497 e. The average molecular weight is 717 g/mol. The van der Waals surface area contributed by atoms with Gasteiger partial charge in [0.1, 0.15) is 18.2 Å². The fraction of sp³-hybridized carbons (Fsp3) is 0.436. The first-order valence-corrected chi connectivity index (χ1v) is 17.7. The van der Waals surface area contributed by atoms with Crippen molar-refractivity contribution in [2.45, 2.75) is 70.8 Å². The van der Waals surface area contributed by atoms with E-state index in [0.717, 1.165) is 60.1 Å². The Hall–Kier alpha value is -5.33. The van der Waals surface area contributed by atoms with E-state index < -0.39 is 41.9 Å². The Kier molecular flexibility index (Phi) is 12.6. The molecular formula is C39H49FN6O6. The molecule has 2 aliphatic heterocycles. The number of rotatable bonds is 12. The van der Waals surface area contributed by atoms with Crippen LogP contribution in [0, 0.1) is 5.82 Å². The first-order chi connectivity index (χ1) is 24.9. The highest BCUT2D eigenvalue weighted by Gasteiger charge is 2.39. The van der Waals surface area contributed by atoms with Gasteiger partial charge in [-0.15, -0.1) is 0 Å². The summed E-state index contributed by atoms with van der Waals surface area (Å²) in [6.07, 6.45) is 1.73. The molecule has 3 N–H and O–H groups in total. The Labute approximate surface area is 304 Å². The zero-order valence-corrected chi connectivity index (χ0v) is 30.3. The van der Waals surface area contributed by atoms with E-state index in [1.54, 1.807) is 46.1 Å². The number of aliphatic carboxylic acids is 1. The summed E-state index contributed by atoms with van der Waals surface area (Å²) in [6.45, 7) is 8.17. The van der Waals surface area contributed by atoms with Gasteiger partial charge in [-0.05, 0) is 81.5 Å². The summed E-state index contributed by atoms with van der Waals surface area (Å²) >= 11 is 0. The number of hydrogen-bond donors (Lipinski definition) is 3. The Morgan fingerprint density at radius 2 is 1.75 bits per heavy atom. The molecule has 2 amide bonds. The smallest absolute Gasteiger partial charge is 0.411 e. The summed E-state index contributed by atoms with van der Waals surface area (Å²) in [5, 5.41) is 16.1. The van der Waals surface area contributed by atoms with Crippen molar-refractivity contribution in [2.75, 3.05) is 44.7 Å². The molecule has 1 saturated heterocycles. The van der Waals surface area contributed by atoms with Crippen LogP contribution in [0.3, 0.4) is 0 Å². The maximum atomic E-state index is 15.6. The molecule has 52 heavy (non-hydrogen) atoms. The van der Waals surface area contributed by atoms with Gasteiger partial charge in [0.25, 0.3) is 5.91 Å². The van der Waals surface area contributed by atoms with Crippen LogP contribution in [0.5, 0.6) is 5.75 Å². The minimum absolute atomic E-state index is 0.0390. The van der Waals surface area contributed by atoms with Crippen molar-refractivity contribution in [3.05, 3.63) is 95.3 Å². The number of carboxylic acids is 1. The van der Waals surface area contributed by atoms with E-state index in [0.29, 0.717) is 25.3 Å². The molecular weight excluding hydrogens is 667 g/mol. The fourth-order valence-electron chi connectivity index (χ4n) is 6.58. The Morgan fingerprint density at radius 3 is 2.35 bits per heavy atom. The van der Waals surface area contributed by atoms with Crippen LogP contribution < -0.4 is 20.3 Å². The molecule has 0 saturated carbocycles.